The number of aryl methyl sites for hydroxylation is 4. The topological polar surface area (TPSA) is 12.0 Å². The summed E-state index contributed by atoms with van der Waals surface area (Å²) in [4.78, 5) is 0. The lowest BCUT2D eigenvalue weighted by Crippen LogP contribution is -2.19. The maximum atomic E-state index is 6.13. The van der Waals surface area contributed by atoms with E-state index in [0.29, 0.717) is 0 Å². The molecule has 2 aromatic rings. The fraction of sp³-hybridized carbons (Fsp3) is 0.333. The molecule has 2 rings (SSSR count). The van der Waals surface area contributed by atoms with Crippen molar-refractivity contribution in [1.82, 2.24) is 5.32 Å². The summed E-state index contributed by atoms with van der Waals surface area (Å²) in [7, 11) is 2.00. The largest absolute Gasteiger partial charge is 0.309 e. The molecule has 20 heavy (non-hydrogen) atoms. The van der Waals surface area contributed by atoms with Gasteiger partial charge in [-0.3, -0.25) is 0 Å². The van der Waals surface area contributed by atoms with E-state index in [2.05, 4.69) is 50.4 Å². The molecule has 1 N–H and O–H groups in total. The van der Waals surface area contributed by atoms with E-state index < -0.39 is 0 Å². The molecule has 2 aromatic carbocycles. The van der Waals surface area contributed by atoms with Gasteiger partial charge in [-0.1, -0.05) is 35.9 Å². The first kappa shape index (κ1) is 15.1. The number of hydrogen-bond donors (Lipinski definition) is 1. The molecular weight excluding hydrogens is 266 g/mol. The lowest BCUT2D eigenvalue weighted by atomic mass is 9.91. The Bertz CT molecular complexity index is 632. The minimum Gasteiger partial charge on any atom is -0.309 e. The van der Waals surface area contributed by atoms with Crippen LogP contribution in [0.2, 0.25) is 5.02 Å². The van der Waals surface area contributed by atoms with Crippen molar-refractivity contribution in [2.45, 2.75) is 33.7 Å². The molecule has 1 nitrogen and oxygen atoms in total. The summed E-state index contributed by atoms with van der Waals surface area (Å²) in [6.07, 6.45) is 0. The molecule has 0 spiro atoms. The molecule has 0 aromatic heterocycles. The number of halogens is 1. The van der Waals surface area contributed by atoms with Gasteiger partial charge >= 0.3 is 0 Å². The summed E-state index contributed by atoms with van der Waals surface area (Å²) in [5.41, 5.74) is 7.69. The van der Waals surface area contributed by atoms with Gasteiger partial charge in [0.2, 0.25) is 0 Å². The first-order valence-corrected chi connectivity index (χ1v) is 7.33. The molecule has 0 fully saturated rings. The Morgan fingerprint density at radius 2 is 1.50 bits per heavy atom. The van der Waals surface area contributed by atoms with Crippen LogP contribution in [0.1, 0.15) is 39.4 Å². The van der Waals surface area contributed by atoms with Crippen molar-refractivity contribution in [3.8, 4) is 0 Å². The molecule has 0 aliphatic heterocycles. The highest BCUT2D eigenvalue weighted by atomic mass is 35.5. The van der Waals surface area contributed by atoms with E-state index in [1.165, 1.54) is 27.8 Å². The van der Waals surface area contributed by atoms with Crippen LogP contribution in [0.3, 0.4) is 0 Å². The zero-order valence-corrected chi connectivity index (χ0v) is 13.6. The first-order valence-electron chi connectivity index (χ1n) is 6.95. The second-order valence-corrected chi connectivity index (χ2v) is 5.93. The van der Waals surface area contributed by atoms with E-state index in [0.717, 1.165) is 10.6 Å². The molecule has 106 valence electrons. The van der Waals surface area contributed by atoms with Gasteiger partial charge in [0.05, 0.1) is 6.04 Å². The molecule has 1 atom stereocenters. The van der Waals surface area contributed by atoms with Crippen LogP contribution in [-0.2, 0) is 0 Å². The average molecular weight is 288 g/mol. The van der Waals surface area contributed by atoms with E-state index >= 15 is 0 Å². The minimum atomic E-state index is 0.199. The van der Waals surface area contributed by atoms with Gasteiger partial charge in [0.1, 0.15) is 0 Å². The number of nitrogens with one attached hydrogen (secondary N) is 1. The normalized spacial score (nSPS) is 12.5. The number of rotatable bonds is 3. The molecule has 0 aliphatic carbocycles. The van der Waals surface area contributed by atoms with Gasteiger partial charge in [-0.15, -0.1) is 0 Å². The molecular formula is C18H22ClN. The summed E-state index contributed by atoms with van der Waals surface area (Å²) in [6.45, 7) is 8.55. The highest BCUT2D eigenvalue weighted by molar-refractivity contribution is 6.31. The van der Waals surface area contributed by atoms with Crippen molar-refractivity contribution >= 4 is 11.6 Å². The summed E-state index contributed by atoms with van der Waals surface area (Å²) < 4.78 is 0. The Morgan fingerprint density at radius 1 is 0.850 bits per heavy atom. The van der Waals surface area contributed by atoms with Crippen LogP contribution in [0.5, 0.6) is 0 Å². The molecule has 2 heteroatoms. The predicted octanol–water partition coefficient (Wildman–Crippen LogP) is 4.88. The summed E-state index contributed by atoms with van der Waals surface area (Å²) in [5, 5.41) is 4.25. The van der Waals surface area contributed by atoms with Crippen molar-refractivity contribution in [3.63, 3.8) is 0 Å². The monoisotopic (exact) mass is 287 g/mol. The molecule has 0 heterocycles. The first-order chi connectivity index (χ1) is 9.43. The van der Waals surface area contributed by atoms with Gasteiger partial charge < -0.3 is 5.32 Å². The Morgan fingerprint density at radius 3 is 2.10 bits per heavy atom. The Hall–Kier alpha value is -1.31. The smallest absolute Gasteiger partial charge is 0.0577 e. The van der Waals surface area contributed by atoms with Crippen LogP contribution < -0.4 is 5.32 Å². The molecule has 0 bridgehead atoms. The average Bonchev–Trinajstić information content (AvgIpc) is 2.40. The minimum absolute atomic E-state index is 0.199. The van der Waals surface area contributed by atoms with Crippen LogP contribution in [0.15, 0.2) is 30.3 Å². The standard InChI is InChI=1S/C18H22ClN/c1-11-8-13(3)16(10-12(11)2)18(20-5)15-6-7-17(19)14(4)9-15/h6-10,18,20H,1-5H3. The molecule has 1 unspecified atom stereocenters. The zero-order valence-electron chi connectivity index (χ0n) is 12.8. The number of hydrogen-bond acceptors (Lipinski definition) is 1. The maximum absolute atomic E-state index is 6.13. The fourth-order valence-corrected chi connectivity index (χ4v) is 2.76. The van der Waals surface area contributed by atoms with Gasteiger partial charge in [0, 0.05) is 5.02 Å². The Kier molecular flexibility index (Phi) is 4.52. The summed E-state index contributed by atoms with van der Waals surface area (Å²) in [6, 6.07) is 11.0. The van der Waals surface area contributed by atoms with Crippen molar-refractivity contribution in [3.05, 3.63) is 68.7 Å². The third-order valence-corrected chi connectivity index (χ3v) is 4.42. The van der Waals surface area contributed by atoms with Gasteiger partial charge in [0.25, 0.3) is 0 Å². The maximum Gasteiger partial charge on any atom is 0.0577 e. The van der Waals surface area contributed by atoms with E-state index in [4.69, 9.17) is 11.6 Å². The van der Waals surface area contributed by atoms with Gasteiger partial charge in [-0.05, 0) is 74.2 Å². The highest BCUT2D eigenvalue weighted by Gasteiger charge is 2.15. The van der Waals surface area contributed by atoms with Crippen LogP contribution in [0.4, 0.5) is 0 Å². The van der Waals surface area contributed by atoms with Gasteiger partial charge in [0.15, 0.2) is 0 Å². The molecule has 0 saturated carbocycles. The molecule has 0 amide bonds. The van der Waals surface area contributed by atoms with Gasteiger partial charge in [-0.25, -0.2) is 0 Å². The summed E-state index contributed by atoms with van der Waals surface area (Å²) >= 11 is 6.13. The predicted molar refractivity (Wildman–Crippen MR) is 87.7 cm³/mol. The summed E-state index contributed by atoms with van der Waals surface area (Å²) in [5.74, 6) is 0. The van der Waals surface area contributed by atoms with Crippen molar-refractivity contribution < 1.29 is 0 Å². The second kappa shape index (κ2) is 5.99. The lowest BCUT2D eigenvalue weighted by molar-refractivity contribution is 0.686. The highest BCUT2D eigenvalue weighted by Crippen LogP contribution is 2.29. The lowest BCUT2D eigenvalue weighted by Gasteiger charge is -2.21. The fourth-order valence-electron chi connectivity index (χ4n) is 2.64. The van der Waals surface area contributed by atoms with Crippen molar-refractivity contribution in [1.29, 1.82) is 0 Å². The van der Waals surface area contributed by atoms with E-state index in [9.17, 15) is 0 Å². The third-order valence-electron chi connectivity index (χ3n) is 4.00. The zero-order chi connectivity index (χ0) is 14.9. The van der Waals surface area contributed by atoms with E-state index in [-0.39, 0.29) is 6.04 Å². The van der Waals surface area contributed by atoms with Crippen LogP contribution >= 0.6 is 11.6 Å². The third kappa shape index (κ3) is 2.89. The Labute approximate surface area is 127 Å². The van der Waals surface area contributed by atoms with Crippen LogP contribution in [0, 0.1) is 27.7 Å². The molecule has 0 saturated heterocycles. The molecule has 0 aliphatic rings. The van der Waals surface area contributed by atoms with Crippen molar-refractivity contribution in [2.24, 2.45) is 0 Å². The van der Waals surface area contributed by atoms with E-state index in [1.807, 2.05) is 20.0 Å². The Balaban J connectivity index is 2.52. The van der Waals surface area contributed by atoms with Gasteiger partial charge in [-0.2, -0.15) is 0 Å². The SMILES string of the molecule is CNC(c1ccc(Cl)c(C)c1)c1cc(C)c(C)cc1C. The number of benzene rings is 2. The second-order valence-electron chi connectivity index (χ2n) is 5.52. The van der Waals surface area contributed by atoms with Crippen LogP contribution in [0.25, 0.3) is 0 Å². The molecule has 0 radical (unpaired) electrons. The quantitative estimate of drug-likeness (QED) is 0.848. The van der Waals surface area contributed by atoms with Crippen LogP contribution in [-0.4, -0.2) is 7.05 Å². The van der Waals surface area contributed by atoms with Crippen molar-refractivity contribution in [2.75, 3.05) is 7.05 Å². The van der Waals surface area contributed by atoms with E-state index in [1.54, 1.807) is 0 Å².